The van der Waals surface area contributed by atoms with Crippen LogP contribution in [0.3, 0.4) is 0 Å². The Labute approximate surface area is 159 Å². The number of halogens is 1. The molecule has 0 aromatic heterocycles. The number of hydrogen-bond acceptors (Lipinski definition) is 3. The zero-order chi connectivity index (χ0) is 15.9. The van der Waals surface area contributed by atoms with Crippen LogP contribution in [0.4, 0.5) is 0 Å². The molecule has 1 saturated carbocycles. The fourth-order valence-corrected chi connectivity index (χ4v) is 1.96. The molecule has 0 radical (unpaired) electrons. The maximum atomic E-state index is 5.62. The van der Waals surface area contributed by atoms with Crippen LogP contribution in [0.1, 0.15) is 52.4 Å². The normalized spacial score (nSPS) is 14.4. The summed E-state index contributed by atoms with van der Waals surface area (Å²) in [5.74, 6) is 1.75. The van der Waals surface area contributed by atoms with Crippen LogP contribution in [-0.4, -0.2) is 52.0 Å². The summed E-state index contributed by atoms with van der Waals surface area (Å²) in [6.45, 7) is 10.3. The highest BCUT2D eigenvalue weighted by Gasteiger charge is 2.20. The first-order valence-corrected chi connectivity index (χ1v) is 9.04. The van der Waals surface area contributed by atoms with Gasteiger partial charge in [0.15, 0.2) is 5.96 Å². The van der Waals surface area contributed by atoms with Crippen LogP contribution in [0.5, 0.6) is 0 Å². The van der Waals surface area contributed by atoms with Crippen LogP contribution in [0.15, 0.2) is 4.99 Å². The number of rotatable bonds is 14. The summed E-state index contributed by atoms with van der Waals surface area (Å²) in [7, 11) is 0. The van der Waals surface area contributed by atoms with Crippen LogP contribution in [-0.2, 0) is 9.47 Å². The standard InChI is InChI=1S/C17H35N3O2.HI/c1-3-5-12-21-13-6-10-19-17(18-4-2)20-11-7-14-22-15-16-8-9-16;/h16H,3-15H2,1-2H3,(H2,18,19,20);1H. The summed E-state index contributed by atoms with van der Waals surface area (Å²) < 4.78 is 11.2. The van der Waals surface area contributed by atoms with Crippen molar-refractivity contribution in [1.29, 1.82) is 0 Å². The molecule has 5 nitrogen and oxygen atoms in total. The average Bonchev–Trinajstić information content (AvgIpc) is 3.34. The first kappa shape index (κ1) is 22.9. The molecule has 23 heavy (non-hydrogen) atoms. The third-order valence-electron chi connectivity index (χ3n) is 3.51. The first-order valence-electron chi connectivity index (χ1n) is 9.04. The Hall–Kier alpha value is -0.0800. The predicted molar refractivity (Wildman–Crippen MR) is 108 cm³/mol. The van der Waals surface area contributed by atoms with Crippen molar-refractivity contribution in [3.05, 3.63) is 0 Å². The summed E-state index contributed by atoms with van der Waals surface area (Å²) in [6.07, 6.45) is 7.06. The van der Waals surface area contributed by atoms with Crippen LogP contribution in [0.25, 0.3) is 0 Å². The van der Waals surface area contributed by atoms with Gasteiger partial charge in [0.25, 0.3) is 0 Å². The molecule has 1 rings (SSSR count). The number of unbranched alkanes of at least 4 members (excludes halogenated alkanes) is 1. The lowest BCUT2D eigenvalue weighted by atomic mass is 10.4. The highest BCUT2D eigenvalue weighted by atomic mass is 127. The molecule has 0 amide bonds. The van der Waals surface area contributed by atoms with Crippen molar-refractivity contribution in [1.82, 2.24) is 10.6 Å². The molecular weight excluding hydrogens is 405 g/mol. The molecule has 6 heteroatoms. The highest BCUT2D eigenvalue weighted by Crippen LogP contribution is 2.28. The van der Waals surface area contributed by atoms with Crippen LogP contribution >= 0.6 is 24.0 Å². The molecule has 0 unspecified atom stereocenters. The van der Waals surface area contributed by atoms with Gasteiger partial charge in [-0.15, -0.1) is 24.0 Å². The molecule has 1 fully saturated rings. The SMILES string of the molecule is CCCCOCCCNC(=NCCCOCC1CC1)NCC.I. The third-order valence-corrected chi connectivity index (χ3v) is 3.51. The van der Waals surface area contributed by atoms with Crippen molar-refractivity contribution in [2.24, 2.45) is 10.9 Å². The van der Waals surface area contributed by atoms with Crippen molar-refractivity contribution in [2.75, 3.05) is 46.1 Å². The second-order valence-electron chi connectivity index (χ2n) is 5.88. The predicted octanol–water partition coefficient (Wildman–Crippen LogP) is 3.18. The van der Waals surface area contributed by atoms with E-state index in [0.717, 1.165) is 77.2 Å². The summed E-state index contributed by atoms with van der Waals surface area (Å²) in [5, 5.41) is 6.62. The molecule has 1 aliphatic carbocycles. The van der Waals surface area contributed by atoms with Crippen molar-refractivity contribution in [2.45, 2.75) is 52.4 Å². The molecule has 2 N–H and O–H groups in total. The van der Waals surface area contributed by atoms with E-state index >= 15 is 0 Å². The van der Waals surface area contributed by atoms with Gasteiger partial charge in [-0.2, -0.15) is 0 Å². The second-order valence-corrected chi connectivity index (χ2v) is 5.88. The minimum Gasteiger partial charge on any atom is -0.381 e. The van der Waals surface area contributed by atoms with Crippen molar-refractivity contribution >= 4 is 29.9 Å². The minimum atomic E-state index is 0. The van der Waals surface area contributed by atoms with E-state index in [-0.39, 0.29) is 24.0 Å². The topological polar surface area (TPSA) is 54.9 Å². The Morgan fingerprint density at radius 2 is 1.74 bits per heavy atom. The largest absolute Gasteiger partial charge is 0.381 e. The zero-order valence-electron chi connectivity index (χ0n) is 14.9. The molecule has 0 atom stereocenters. The molecule has 0 heterocycles. The van der Waals surface area contributed by atoms with E-state index in [2.05, 4.69) is 29.5 Å². The molecule has 0 bridgehead atoms. The van der Waals surface area contributed by atoms with E-state index < -0.39 is 0 Å². The average molecular weight is 441 g/mol. The maximum Gasteiger partial charge on any atom is 0.191 e. The van der Waals surface area contributed by atoms with Gasteiger partial charge < -0.3 is 20.1 Å². The van der Waals surface area contributed by atoms with E-state index in [1.165, 1.54) is 19.3 Å². The smallest absolute Gasteiger partial charge is 0.191 e. The van der Waals surface area contributed by atoms with Crippen LogP contribution in [0, 0.1) is 5.92 Å². The lowest BCUT2D eigenvalue weighted by Crippen LogP contribution is -2.38. The molecule has 0 spiro atoms. The van der Waals surface area contributed by atoms with Gasteiger partial charge in [0.1, 0.15) is 0 Å². The van der Waals surface area contributed by atoms with Crippen molar-refractivity contribution in [3.63, 3.8) is 0 Å². The van der Waals surface area contributed by atoms with Gasteiger partial charge in [0.05, 0.1) is 0 Å². The Morgan fingerprint density at radius 1 is 1.00 bits per heavy atom. The molecule has 138 valence electrons. The van der Waals surface area contributed by atoms with Gasteiger partial charge in [-0.25, -0.2) is 0 Å². The van der Waals surface area contributed by atoms with Gasteiger partial charge in [-0.05, 0) is 44.9 Å². The lowest BCUT2D eigenvalue weighted by molar-refractivity contribution is 0.123. The molecular formula is C17H36IN3O2. The highest BCUT2D eigenvalue weighted by molar-refractivity contribution is 14.0. The summed E-state index contributed by atoms with van der Waals surface area (Å²) in [5.41, 5.74) is 0. The third kappa shape index (κ3) is 15.2. The Bertz CT molecular complexity index is 287. The van der Waals surface area contributed by atoms with Crippen molar-refractivity contribution < 1.29 is 9.47 Å². The molecule has 0 aromatic carbocycles. The lowest BCUT2D eigenvalue weighted by Gasteiger charge is -2.11. The van der Waals surface area contributed by atoms with E-state index in [9.17, 15) is 0 Å². The fourth-order valence-electron chi connectivity index (χ4n) is 1.96. The second kappa shape index (κ2) is 16.8. The summed E-state index contributed by atoms with van der Waals surface area (Å²) >= 11 is 0. The van der Waals surface area contributed by atoms with Gasteiger partial charge >= 0.3 is 0 Å². The monoisotopic (exact) mass is 441 g/mol. The quantitative estimate of drug-likeness (QED) is 0.188. The number of aliphatic imine (C=N–C) groups is 1. The molecule has 1 aliphatic rings. The number of nitrogens with zero attached hydrogens (tertiary/aromatic N) is 1. The first-order chi connectivity index (χ1) is 10.9. The van der Waals surface area contributed by atoms with Crippen LogP contribution in [0.2, 0.25) is 0 Å². The fraction of sp³-hybridized carbons (Fsp3) is 0.941. The Balaban J connectivity index is 0.00000484. The number of hydrogen-bond donors (Lipinski definition) is 2. The number of guanidine groups is 1. The Morgan fingerprint density at radius 3 is 2.43 bits per heavy atom. The molecule has 0 aromatic rings. The van der Waals surface area contributed by atoms with E-state index in [1.54, 1.807) is 0 Å². The summed E-state index contributed by atoms with van der Waals surface area (Å²) in [6, 6.07) is 0. The molecule has 0 aliphatic heterocycles. The number of ether oxygens (including phenoxy) is 2. The zero-order valence-corrected chi connectivity index (χ0v) is 17.3. The summed E-state index contributed by atoms with van der Waals surface area (Å²) in [4.78, 5) is 4.57. The van der Waals surface area contributed by atoms with Crippen molar-refractivity contribution in [3.8, 4) is 0 Å². The minimum absolute atomic E-state index is 0. The van der Waals surface area contributed by atoms with E-state index in [4.69, 9.17) is 9.47 Å². The van der Waals surface area contributed by atoms with Gasteiger partial charge in [-0.3, -0.25) is 4.99 Å². The Kier molecular flexibility index (Phi) is 16.7. The molecule has 0 saturated heterocycles. The maximum absolute atomic E-state index is 5.62. The van der Waals surface area contributed by atoms with Gasteiger partial charge in [-0.1, -0.05) is 13.3 Å². The van der Waals surface area contributed by atoms with E-state index in [1.807, 2.05) is 0 Å². The van der Waals surface area contributed by atoms with Gasteiger partial charge in [0.2, 0.25) is 0 Å². The number of nitrogens with one attached hydrogen (secondary N) is 2. The van der Waals surface area contributed by atoms with E-state index in [0.29, 0.717) is 0 Å². The van der Waals surface area contributed by atoms with Crippen LogP contribution < -0.4 is 10.6 Å². The van der Waals surface area contributed by atoms with Gasteiger partial charge in [0, 0.05) is 46.1 Å².